The van der Waals surface area contributed by atoms with Crippen molar-refractivity contribution in [3.8, 4) is 0 Å². The van der Waals surface area contributed by atoms with Crippen LogP contribution in [0.1, 0.15) is 17.3 Å². The van der Waals surface area contributed by atoms with Gasteiger partial charge in [-0.25, -0.2) is 4.79 Å². The highest BCUT2D eigenvalue weighted by Crippen LogP contribution is 2.31. The summed E-state index contributed by atoms with van der Waals surface area (Å²) < 4.78 is 0. The van der Waals surface area contributed by atoms with E-state index in [-0.39, 0.29) is 11.3 Å². The van der Waals surface area contributed by atoms with E-state index in [1.54, 1.807) is 18.3 Å². The van der Waals surface area contributed by atoms with Gasteiger partial charge in [0.25, 0.3) is 5.91 Å². The van der Waals surface area contributed by atoms with E-state index < -0.39 is 12.0 Å². The van der Waals surface area contributed by atoms with Crippen LogP contribution in [0, 0.1) is 0 Å². The number of thioether (sulfide) groups is 1. The first-order chi connectivity index (χ1) is 9.59. The Morgan fingerprint density at radius 1 is 1.40 bits per heavy atom. The number of carbonyl (C=O) groups is 2. The van der Waals surface area contributed by atoms with Crippen LogP contribution >= 0.6 is 11.8 Å². The Morgan fingerprint density at radius 2 is 2.20 bits per heavy atom. The van der Waals surface area contributed by atoms with Crippen molar-refractivity contribution in [2.24, 2.45) is 0 Å². The number of carboxylic acids is 1. The summed E-state index contributed by atoms with van der Waals surface area (Å²) in [5.74, 6) is -0.734. The first kappa shape index (κ1) is 13.1. The fourth-order valence-electron chi connectivity index (χ4n) is 2.55. The van der Waals surface area contributed by atoms with Gasteiger partial charge in [0.05, 0.1) is 5.37 Å². The predicted molar refractivity (Wildman–Crippen MR) is 77.8 cm³/mol. The molecule has 3 rings (SSSR count). The summed E-state index contributed by atoms with van der Waals surface area (Å²) in [7, 11) is 0. The van der Waals surface area contributed by atoms with E-state index in [1.165, 1.54) is 16.7 Å². The number of H-pyrrole nitrogens is 1. The zero-order valence-electron chi connectivity index (χ0n) is 10.9. The number of hydrogen-bond acceptors (Lipinski definition) is 3. The van der Waals surface area contributed by atoms with Gasteiger partial charge in [-0.05, 0) is 25.1 Å². The van der Waals surface area contributed by atoms with Crippen molar-refractivity contribution >= 4 is 34.5 Å². The Labute approximate surface area is 120 Å². The predicted octanol–water partition coefficient (Wildman–Crippen LogP) is 2.16. The number of aromatic amines is 1. The molecule has 0 radical (unpaired) electrons. The molecule has 2 aromatic rings. The fraction of sp³-hybridized carbons (Fsp3) is 0.286. The van der Waals surface area contributed by atoms with E-state index in [1.807, 2.05) is 19.1 Å². The zero-order valence-corrected chi connectivity index (χ0v) is 11.7. The summed E-state index contributed by atoms with van der Waals surface area (Å²) in [6.45, 7) is 1.86. The van der Waals surface area contributed by atoms with Gasteiger partial charge in [0.1, 0.15) is 6.04 Å². The number of aliphatic carboxylic acids is 1. The van der Waals surface area contributed by atoms with Crippen LogP contribution in [0.3, 0.4) is 0 Å². The highest BCUT2D eigenvalue weighted by Gasteiger charge is 2.40. The number of rotatable bonds is 2. The van der Waals surface area contributed by atoms with Crippen molar-refractivity contribution in [3.05, 3.63) is 36.0 Å². The molecule has 1 aliphatic rings. The van der Waals surface area contributed by atoms with Gasteiger partial charge in [0.15, 0.2) is 0 Å². The molecule has 104 valence electrons. The third-order valence-corrected chi connectivity index (χ3v) is 4.79. The smallest absolute Gasteiger partial charge is 0.327 e. The van der Waals surface area contributed by atoms with Crippen LogP contribution in [-0.4, -0.2) is 44.0 Å². The van der Waals surface area contributed by atoms with E-state index >= 15 is 0 Å². The number of hydrogen-bond donors (Lipinski definition) is 2. The quantitative estimate of drug-likeness (QED) is 0.889. The number of nitrogens with one attached hydrogen (secondary N) is 1. The standard InChI is InChI=1S/C14H14N2O3S/c1-8-16(12(7-20-8)14(18)19)13(17)10-3-2-4-11-9(10)5-6-15-11/h2-6,8,12,15H,7H2,1H3,(H,18,19). The van der Waals surface area contributed by atoms with E-state index in [4.69, 9.17) is 0 Å². The lowest BCUT2D eigenvalue weighted by Gasteiger charge is -2.25. The summed E-state index contributed by atoms with van der Waals surface area (Å²) in [5.41, 5.74) is 1.42. The molecule has 1 amide bonds. The van der Waals surface area contributed by atoms with Crippen molar-refractivity contribution in [2.45, 2.75) is 18.3 Å². The van der Waals surface area contributed by atoms with E-state index in [2.05, 4.69) is 4.98 Å². The summed E-state index contributed by atoms with van der Waals surface area (Å²) >= 11 is 1.49. The average molecular weight is 290 g/mol. The minimum atomic E-state index is -0.948. The summed E-state index contributed by atoms with van der Waals surface area (Å²) in [5, 5.41) is 9.95. The summed E-state index contributed by atoms with van der Waals surface area (Å²) in [4.78, 5) is 28.5. The van der Waals surface area contributed by atoms with Gasteiger partial charge in [-0.2, -0.15) is 0 Å². The molecule has 0 aliphatic carbocycles. The molecule has 20 heavy (non-hydrogen) atoms. The molecular formula is C14H14N2O3S. The number of nitrogens with zero attached hydrogens (tertiary/aromatic N) is 1. The van der Waals surface area contributed by atoms with Crippen LogP contribution in [-0.2, 0) is 4.79 Å². The van der Waals surface area contributed by atoms with Gasteiger partial charge in [0, 0.05) is 28.4 Å². The average Bonchev–Trinajstić information content (AvgIpc) is 3.03. The first-order valence-corrected chi connectivity index (χ1v) is 7.37. The van der Waals surface area contributed by atoms with Crippen LogP contribution < -0.4 is 0 Å². The van der Waals surface area contributed by atoms with Crippen LogP contribution in [0.2, 0.25) is 0 Å². The van der Waals surface area contributed by atoms with Gasteiger partial charge in [-0.15, -0.1) is 11.8 Å². The lowest BCUT2D eigenvalue weighted by Crippen LogP contribution is -2.44. The Morgan fingerprint density at radius 3 is 2.95 bits per heavy atom. The van der Waals surface area contributed by atoms with Gasteiger partial charge in [-0.1, -0.05) is 6.07 Å². The Hall–Kier alpha value is -1.95. The third-order valence-electron chi connectivity index (χ3n) is 3.57. The van der Waals surface area contributed by atoms with Crippen LogP contribution in [0.25, 0.3) is 10.9 Å². The lowest BCUT2D eigenvalue weighted by molar-refractivity contribution is -0.141. The molecule has 0 bridgehead atoms. The number of carbonyl (C=O) groups excluding carboxylic acids is 1. The SMILES string of the molecule is CC1SCC(C(=O)O)N1C(=O)c1cccc2[nH]ccc12. The normalized spacial score (nSPS) is 22.4. The number of carboxylic acid groups (broad SMARTS) is 1. The van der Waals surface area contributed by atoms with Gasteiger partial charge in [-0.3, -0.25) is 4.79 Å². The van der Waals surface area contributed by atoms with Crippen molar-refractivity contribution in [3.63, 3.8) is 0 Å². The Kier molecular flexibility index (Phi) is 3.17. The Balaban J connectivity index is 2.03. The van der Waals surface area contributed by atoms with Crippen molar-refractivity contribution in [1.82, 2.24) is 9.88 Å². The number of benzene rings is 1. The molecule has 2 atom stereocenters. The van der Waals surface area contributed by atoms with Crippen molar-refractivity contribution in [2.75, 3.05) is 5.75 Å². The van der Waals surface area contributed by atoms with Crippen LogP contribution in [0.15, 0.2) is 30.5 Å². The molecule has 0 spiro atoms. The van der Waals surface area contributed by atoms with E-state index in [0.29, 0.717) is 11.3 Å². The first-order valence-electron chi connectivity index (χ1n) is 6.33. The molecule has 2 unspecified atom stereocenters. The molecule has 5 nitrogen and oxygen atoms in total. The Bertz CT molecular complexity index is 682. The maximum Gasteiger partial charge on any atom is 0.327 e. The molecule has 1 aromatic heterocycles. The maximum absolute atomic E-state index is 12.7. The summed E-state index contributed by atoms with van der Waals surface area (Å²) in [6, 6.07) is 6.52. The van der Waals surface area contributed by atoms with E-state index in [0.717, 1.165) is 10.9 Å². The molecular weight excluding hydrogens is 276 g/mol. The molecule has 1 fully saturated rings. The fourth-order valence-corrected chi connectivity index (χ4v) is 3.72. The van der Waals surface area contributed by atoms with Crippen LogP contribution in [0.4, 0.5) is 0 Å². The van der Waals surface area contributed by atoms with E-state index in [9.17, 15) is 14.7 Å². The second-order valence-corrected chi connectivity index (χ2v) is 6.09. The number of fused-ring (bicyclic) bond motifs is 1. The molecule has 0 saturated carbocycles. The topological polar surface area (TPSA) is 73.4 Å². The lowest BCUT2D eigenvalue weighted by atomic mass is 10.1. The molecule has 1 aromatic carbocycles. The minimum Gasteiger partial charge on any atom is -0.480 e. The minimum absolute atomic E-state index is 0.127. The molecule has 6 heteroatoms. The number of amides is 1. The zero-order chi connectivity index (χ0) is 14.3. The molecule has 1 aliphatic heterocycles. The third kappa shape index (κ3) is 1.96. The van der Waals surface area contributed by atoms with Crippen molar-refractivity contribution in [1.29, 1.82) is 0 Å². The van der Waals surface area contributed by atoms with Crippen LogP contribution in [0.5, 0.6) is 0 Å². The molecule has 2 N–H and O–H groups in total. The monoisotopic (exact) mass is 290 g/mol. The highest BCUT2D eigenvalue weighted by molar-refractivity contribution is 8.00. The largest absolute Gasteiger partial charge is 0.480 e. The van der Waals surface area contributed by atoms with Gasteiger partial charge < -0.3 is 15.0 Å². The van der Waals surface area contributed by atoms with Gasteiger partial charge >= 0.3 is 5.97 Å². The highest BCUT2D eigenvalue weighted by atomic mass is 32.2. The van der Waals surface area contributed by atoms with Crippen molar-refractivity contribution < 1.29 is 14.7 Å². The molecule has 1 saturated heterocycles. The van der Waals surface area contributed by atoms with Gasteiger partial charge in [0.2, 0.25) is 0 Å². The maximum atomic E-state index is 12.7. The second kappa shape index (κ2) is 4.86. The second-order valence-electron chi connectivity index (χ2n) is 4.74. The summed E-state index contributed by atoms with van der Waals surface area (Å²) in [6.07, 6.45) is 1.78. The molecule has 2 heterocycles. The number of aromatic nitrogens is 1.